The van der Waals surface area contributed by atoms with Gasteiger partial charge in [-0.25, -0.2) is 0 Å². The summed E-state index contributed by atoms with van der Waals surface area (Å²) in [5.74, 6) is -0.0390. The Labute approximate surface area is 96.2 Å². The fourth-order valence-corrected chi connectivity index (χ4v) is 2.15. The van der Waals surface area contributed by atoms with Crippen molar-refractivity contribution in [2.75, 3.05) is 6.54 Å². The lowest BCUT2D eigenvalue weighted by atomic mass is 10.1. The number of amides is 1. The number of ketones is 1. The number of carbonyl (C=O) groups excluding carboxylic acids is 2. The fraction of sp³-hybridized carbons (Fsp3) is 0.273. The van der Waals surface area contributed by atoms with Crippen LogP contribution in [-0.2, 0) is 11.3 Å². The minimum Gasteiger partial charge on any atom is -0.327 e. The van der Waals surface area contributed by atoms with Gasteiger partial charge in [-0.05, 0) is 30.7 Å². The second-order valence-electron chi connectivity index (χ2n) is 3.66. The highest BCUT2D eigenvalue weighted by Gasteiger charge is 2.27. The molecule has 1 heterocycles. The number of rotatable bonds is 2. The monoisotopic (exact) mass is 267 g/mol. The van der Waals surface area contributed by atoms with Gasteiger partial charge in [0.25, 0.3) is 5.91 Å². The van der Waals surface area contributed by atoms with E-state index in [-0.39, 0.29) is 18.2 Å². The Kier molecular flexibility index (Phi) is 2.61. The first kappa shape index (κ1) is 10.4. The lowest BCUT2D eigenvalue weighted by molar-refractivity contribution is -0.117. The Hall–Kier alpha value is -1.16. The van der Waals surface area contributed by atoms with Crippen LogP contribution in [0.25, 0.3) is 0 Å². The summed E-state index contributed by atoms with van der Waals surface area (Å²) >= 11 is 3.36. The summed E-state index contributed by atoms with van der Waals surface area (Å²) in [6.45, 7) is 2.23. The van der Waals surface area contributed by atoms with Crippen LogP contribution >= 0.6 is 15.9 Å². The van der Waals surface area contributed by atoms with Crippen molar-refractivity contribution in [3.63, 3.8) is 0 Å². The Morgan fingerprint density at radius 2 is 2.27 bits per heavy atom. The molecule has 0 radical (unpaired) electrons. The van der Waals surface area contributed by atoms with Crippen LogP contribution in [0.5, 0.6) is 0 Å². The van der Waals surface area contributed by atoms with Crippen molar-refractivity contribution >= 4 is 27.6 Å². The molecule has 0 N–H and O–H groups in total. The first-order valence-corrected chi connectivity index (χ1v) is 5.44. The van der Waals surface area contributed by atoms with Gasteiger partial charge in [0.15, 0.2) is 0 Å². The first-order valence-electron chi connectivity index (χ1n) is 4.65. The van der Waals surface area contributed by atoms with Crippen molar-refractivity contribution in [3.05, 3.63) is 33.8 Å². The number of nitrogens with zero attached hydrogens (tertiary/aromatic N) is 1. The van der Waals surface area contributed by atoms with E-state index < -0.39 is 0 Å². The van der Waals surface area contributed by atoms with Crippen LogP contribution in [0.2, 0.25) is 0 Å². The topological polar surface area (TPSA) is 37.4 Å². The van der Waals surface area contributed by atoms with Gasteiger partial charge in [-0.3, -0.25) is 9.59 Å². The Balaban J connectivity index is 2.29. The summed E-state index contributed by atoms with van der Waals surface area (Å²) in [4.78, 5) is 24.3. The predicted molar refractivity (Wildman–Crippen MR) is 59.6 cm³/mol. The molecule has 0 aliphatic carbocycles. The molecule has 0 fully saturated rings. The smallest absolute Gasteiger partial charge is 0.254 e. The highest BCUT2D eigenvalue weighted by atomic mass is 79.9. The first-order chi connectivity index (χ1) is 7.08. The molecule has 0 atom stereocenters. The van der Waals surface area contributed by atoms with Crippen molar-refractivity contribution in [1.82, 2.24) is 4.90 Å². The molecule has 0 spiro atoms. The summed E-state index contributed by atoms with van der Waals surface area (Å²) in [7, 11) is 0. The van der Waals surface area contributed by atoms with E-state index in [4.69, 9.17) is 0 Å². The molecule has 3 nitrogen and oxygen atoms in total. The molecule has 0 saturated heterocycles. The second-order valence-corrected chi connectivity index (χ2v) is 4.58. The Morgan fingerprint density at radius 1 is 1.53 bits per heavy atom. The second kappa shape index (κ2) is 3.77. The van der Waals surface area contributed by atoms with Crippen molar-refractivity contribution in [2.45, 2.75) is 13.5 Å². The normalized spacial score (nSPS) is 14.3. The van der Waals surface area contributed by atoms with Crippen LogP contribution in [0.15, 0.2) is 22.7 Å². The van der Waals surface area contributed by atoms with Crippen LogP contribution in [0.1, 0.15) is 22.8 Å². The number of carbonyl (C=O) groups is 2. The summed E-state index contributed by atoms with van der Waals surface area (Å²) in [5.41, 5.74) is 1.69. The van der Waals surface area contributed by atoms with E-state index in [1.54, 1.807) is 11.0 Å². The van der Waals surface area contributed by atoms with E-state index >= 15 is 0 Å². The molecule has 0 unspecified atom stereocenters. The van der Waals surface area contributed by atoms with Crippen molar-refractivity contribution in [1.29, 1.82) is 0 Å². The zero-order valence-corrected chi connectivity index (χ0v) is 9.87. The van der Waals surface area contributed by atoms with Gasteiger partial charge in [-0.1, -0.05) is 15.9 Å². The van der Waals surface area contributed by atoms with Crippen molar-refractivity contribution in [2.24, 2.45) is 0 Å². The minimum atomic E-state index is -0.0484. The average molecular weight is 268 g/mol. The molecule has 4 heteroatoms. The summed E-state index contributed by atoms with van der Waals surface area (Å²) in [6.07, 6.45) is 0. The lowest BCUT2D eigenvalue weighted by Crippen LogP contribution is -2.28. The third kappa shape index (κ3) is 1.95. The summed E-state index contributed by atoms with van der Waals surface area (Å²) < 4.78 is 0.957. The third-order valence-corrected chi connectivity index (χ3v) is 2.85. The van der Waals surface area contributed by atoms with Crippen LogP contribution in [0.3, 0.4) is 0 Å². The van der Waals surface area contributed by atoms with Gasteiger partial charge >= 0.3 is 0 Å². The SMILES string of the molecule is CC(=O)CN1Cc2cc(Br)ccc2C1=O. The lowest BCUT2D eigenvalue weighted by Gasteiger charge is -2.12. The number of fused-ring (bicyclic) bond motifs is 1. The van der Waals surface area contributed by atoms with E-state index in [1.165, 1.54) is 6.92 Å². The molecule has 0 aromatic heterocycles. The van der Waals surface area contributed by atoms with Crippen LogP contribution in [0.4, 0.5) is 0 Å². The number of halogens is 1. The van der Waals surface area contributed by atoms with Crippen molar-refractivity contribution < 1.29 is 9.59 Å². The molecule has 2 rings (SSSR count). The van der Waals surface area contributed by atoms with E-state index in [9.17, 15) is 9.59 Å². The third-order valence-electron chi connectivity index (χ3n) is 2.36. The maximum atomic E-state index is 11.8. The molecule has 1 amide bonds. The van der Waals surface area contributed by atoms with Gasteiger partial charge in [0.1, 0.15) is 5.78 Å². The Bertz CT molecular complexity index is 442. The maximum absolute atomic E-state index is 11.8. The maximum Gasteiger partial charge on any atom is 0.254 e. The number of hydrogen-bond acceptors (Lipinski definition) is 2. The van der Waals surface area contributed by atoms with E-state index in [0.29, 0.717) is 12.1 Å². The van der Waals surface area contributed by atoms with E-state index in [2.05, 4.69) is 15.9 Å². The van der Waals surface area contributed by atoms with Gasteiger partial charge in [0, 0.05) is 16.6 Å². The molecule has 15 heavy (non-hydrogen) atoms. The molecule has 0 saturated carbocycles. The van der Waals surface area contributed by atoms with Crippen molar-refractivity contribution in [3.8, 4) is 0 Å². The van der Waals surface area contributed by atoms with E-state index in [0.717, 1.165) is 10.0 Å². The zero-order valence-electron chi connectivity index (χ0n) is 8.29. The quantitative estimate of drug-likeness (QED) is 0.822. The zero-order chi connectivity index (χ0) is 11.0. The standard InChI is InChI=1S/C11H10BrNO2/c1-7(14)5-13-6-8-4-9(12)2-3-10(8)11(13)15/h2-4H,5-6H2,1H3. The van der Waals surface area contributed by atoms with Gasteiger partial charge < -0.3 is 4.90 Å². The average Bonchev–Trinajstić information content (AvgIpc) is 2.42. The molecule has 1 aromatic carbocycles. The fourth-order valence-electron chi connectivity index (χ4n) is 1.75. The van der Waals surface area contributed by atoms with E-state index in [1.807, 2.05) is 12.1 Å². The number of Topliss-reactive ketones (excluding diaryl/α,β-unsaturated/α-hetero) is 1. The minimum absolute atomic E-state index is 0.00946. The number of hydrogen-bond donors (Lipinski definition) is 0. The van der Waals surface area contributed by atoms with Crippen LogP contribution in [-0.4, -0.2) is 23.1 Å². The molecule has 1 aliphatic heterocycles. The molecule has 78 valence electrons. The molecule has 1 aliphatic rings. The molecular weight excluding hydrogens is 258 g/mol. The van der Waals surface area contributed by atoms with Crippen LogP contribution in [0, 0.1) is 0 Å². The molecule has 0 bridgehead atoms. The molecular formula is C11H10BrNO2. The number of benzene rings is 1. The largest absolute Gasteiger partial charge is 0.327 e. The highest BCUT2D eigenvalue weighted by molar-refractivity contribution is 9.10. The molecule has 1 aromatic rings. The van der Waals surface area contributed by atoms with Crippen LogP contribution < -0.4 is 0 Å². The highest BCUT2D eigenvalue weighted by Crippen LogP contribution is 2.25. The summed E-state index contributed by atoms with van der Waals surface area (Å²) in [6, 6.07) is 5.56. The Morgan fingerprint density at radius 3 is 2.93 bits per heavy atom. The summed E-state index contributed by atoms with van der Waals surface area (Å²) in [5, 5.41) is 0. The van der Waals surface area contributed by atoms with Gasteiger partial charge in [0.05, 0.1) is 6.54 Å². The van der Waals surface area contributed by atoms with Gasteiger partial charge in [-0.2, -0.15) is 0 Å². The van der Waals surface area contributed by atoms with Gasteiger partial charge in [0.2, 0.25) is 0 Å². The predicted octanol–water partition coefficient (Wildman–Crippen LogP) is 1.99. The van der Waals surface area contributed by atoms with Gasteiger partial charge in [-0.15, -0.1) is 0 Å².